The molecule has 4 N–H and O–H groups in total. The van der Waals surface area contributed by atoms with Crippen LogP contribution in [0.1, 0.15) is 31.2 Å². The van der Waals surface area contributed by atoms with E-state index in [9.17, 15) is 18.4 Å². The molecule has 0 spiro atoms. The lowest BCUT2D eigenvalue weighted by Crippen LogP contribution is -2.12. The van der Waals surface area contributed by atoms with Gasteiger partial charge >= 0.3 is 0 Å². The smallest absolute Gasteiger partial charge is 0.255 e. The van der Waals surface area contributed by atoms with Crippen molar-refractivity contribution in [2.45, 2.75) is 6.92 Å². The molecule has 178 valence electrons. The van der Waals surface area contributed by atoms with Gasteiger partial charge in [-0.15, -0.1) is 0 Å². The molecule has 0 aliphatic rings. The number of carbonyl (C=O) groups is 2. The molecule has 0 saturated carbocycles. The van der Waals surface area contributed by atoms with Crippen molar-refractivity contribution in [2.75, 3.05) is 23.5 Å². The Morgan fingerprint density at radius 1 is 1.03 bits per heavy atom. The summed E-state index contributed by atoms with van der Waals surface area (Å²) in [7, 11) is 1.55. The van der Waals surface area contributed by atoms with Gasteiger partial charge in [-0.05, 0) is 55.0 Å². The van der Waals surface area contributed by atoms with Gasteiger partial charge in [-0.3, -0.25) is 9.59 Å². The van der Waals surface area contributed by atoms with Crippen LogP contribution in [-0.2, 0) is 0 Å². The second-order valence-corrected chi connectivity index (χ2v) is 8.50. The Morgan fingerprint density at radius 3 is 2.37 bits per heavy atom. The maximum Gasteiger partial charge on any atom is 0.255 e. The second kappa shape index (κ2) is 9.90. The third kappa shape index (κ3) is 5.12. The monoisotopic (exact) mass is 494 g/mol. The molecule has 0 aliphatic carbocycles. The van der Waals surface area contributed by atoms with Crippen LogP contribution in [-0.4, -0.2) is 23.8 Å². The van der Waals surface area contributed by atoms with Gasteiger partial charge in [-0.2, -0.15) is 0 Å². The molecular formula is C25H20F2N4O3S. The summed E-state index contributed by atoms with van der Waals surface area (Å²) in [5.41, 5.74) is 7.67. The van der Waals surface area contributed by atoms with E-state index in [4.69, 9.17) is 10.5 Å². The molecule has 0 radical (unpaired) electrons. The zero-order valence-electron chi connectivity index (χ0n) is 18.7. The number of halogens is 2. The number of rotatable bonds is 7. The SMILES string of the molecule is COc1ccc(C)c(NC(=O)c2ccc(Nc3nc(N)c(C(=O)c4c(F)cccc4F)s3)cc2)c1. The number of nitrogens with two attached hydrogens (primary N) is 1. The highest BCUT2D eigenvalue weighted by Crippen LogP contribution is 2.31. The maximum atomic E-state index is 14.0. The van der Waals surface area contributed by atoms with E-state index in [1.807, 2.05) is 19.1 Å². The predicted molar refractivity (Wildman–Crippen MR) is 132 cm³/mol. The number of amides is 1. The molecule has 3 aromatic carbocycles. The number of benzene rings is 3. The van der Waals surface area contributed by atoms with Gasteiger partial charge in [0, 0.05) is 23.0 Å². The number of anilines is 4. The highest BCUT2D eigenvalue weighted by Gasteiger charge is 2.24. The molecule has 0 aliphatic heterocycles. The number of hydrogen-bond acceptors (Lipinski definition) is 7. The van der Waals surface area contributed by atoms with Crippen LogP contribution < -0.4 is 21.1 Å². The first-order valence-corrected chi connectivity index (χ1v) is 11.2. The number of aromatic nitrogens is 1. The summed E-state index contributed by atoms with van der Waals surface area (Å²) in [6, 6.07) is 15.1. The molecule has 0 saturated heterocycles. The van der Waals surface area contributed by atoms with Crippen LogP contribution in [0.5, 0.6) is 5.75 Å². The molecule has 4 aromatic rings. The third-order valence-corrected chi connectivity index (χ3v) is 6.13. The van der Waals surface area contributed by atoms with Crippen molar-refractivity contribution < 1.29 is 23.1 Å². The van der Waals surface area contributed by atoms with Crippen LogP contribution in [0, 0.1) is 18.6 Å². The van der Waals surface area contributed by atoms with Gasteiger partial charge in [-0.1, -0.05) is 23.5 Å². The normalized spacial score (nSPS) is 10.6. The third-order valence-electron chi connectivity index (χ3n) is 5.14. The average molecular weight is 495 g/mol. The summed E-state index contributed by atoms with van der Waals surface area (Å²) in [5.74, 6) is -2.65. The van der Waals surface area contributed by atoms with E-state index < -0.39 is 23.0 Å². The summed E-state index contributed by atoms with van der Waals surface area (Å²) in [6.45, 7) is 1.88. The number of thiazole rings is 1. The summed E-state index contributed by atoms with van der Waals surface area (Å²) in [5, 5.41) is 6.09. The summed E-state index contributed by atoms with van der Waals surface area (Å²) in [4.78, 5) is 29.3. The Balaban J connectivity index is 1.48. The molecule has 4 rings (SSSR count). The number of hydrogen-bond donors (Lipinski definition) is 3. The predicted octanol–water partition coefficient (Wildman–Crippen LogP) is 5.55. The zero-order chi connectivity index (χ0) is 25.1. The lowest BCUT2D eigenvalue weighted by Gasteiger charge is -2.10. The molecule has 0 unspecified atom stereocenters. The summed E-state index contributed by atoms with van der Waals surface area (Å²) >= 11 is 0.871. The molecule has 0 atom stereocenters. The van der Waals surface area contributed by atoms with Gasteiger partial charge in [0.2, 0.25) is 5.78 Å². The van der Waals surface area contributed by atoms with E-state index in [0.29, 0.717) is 22.7 Å². The van der Waals surface area contributed by atoms with Crippen molar-refractivity contribution in [3.63, 3.8) is 0 Å². The fourth-order valence-electron chi connectivity index (χ4n) is 3.26. The minimum Gasteiger partial charge on any atom is -0.497 e. The number of nitrogens with zero attached hydrogens (tertiary/aromatic N) is 1. The van der Waals surface area contributed by atoms with E-state index in [1.54, 1.807) is 37.4 Å². The van der Waals surface area contributed by atoms with Crippen molar-refractivity contribution in [1.29, 1.82) is 0 Å². The number of nitrogens with one attached hydrogen (secondary N) is 2. The Morgan fingerprint density at radius 2 is 1.71 bits per heavy atom. The van der Waals surface area contributed by atoms with Crippen molar-refractivity contribution in [1.82, 2.24) is 4.98 Å². The average Bonchev–Trinajstić information content (AvgIpc) is 3.20. The first-order valence-electron chi connectivity index (χ1n) is 10.3. The van der Waals surface area contributed by atoms with Crippen molar-refractivity contribution >= 4 is 45.4 Å². The zero-order valence-corrected chi connectivity index (χ0v) is 19.5. The summed E-state index contributed by atoms with van der Waals surface area (Å²) in [6.07, 6.45) is 0. The topological polar surface area (TPSA) is 106 Å². The van der Waals surface area contributed by atoms with Crippen molar-refractivity contribution in [3.8, 4) is 5.75 Å². The molecule has 1 amide bonds. The van der Waals surface area contributed by atoms with E-state index in [2.05, 4.69) is 15.6 Å². The Hall–Kier alpha value is -4.31. The fourth-order valence-corrected chi connectivity index (χ4v) is 4.11. The number of ketones is 1. The molecule has 1 aromatic heterocycles. The minimum atomic E-state index is -0.977. The Bertz CT molecular complexity index is 1400. The van der Waals surface area contributed by atoms with Crippen LogP contribution >= 0.6 is 11.3 Å². The quantitative estimate of drug-likeness (QED) is 0.291. The molecule has 7 nitrogen and oxygen atoms in total. The van der Waals surface area contributed by atoms with Crippen LogP contribution in [0.4, 0.5) is 31.1 Å². The van der Waals surface area contributed by atoms with Gasteiger partial charge in [0.1, 0.15) is 28.1 Å². The van der Waals surface area contributed by atoms with Crippen LogP contribution in [0.25, 0.3) is 0 Å². The largest absolute Gasteiger partial charge is 0.497 e. The molecule has 0 bridgehead atoms. The highest BCUT2D eigenvalue weighted by atomic mass is 32.1. The molecule has 1 heterocycles. The molecule has 10 heteroatoms. The van der Waals surface area contributed by atoms with Crippen molar-refractivity contribution in [2.24, 2.45) is 0 Å². The Labute approximate surface area is 203 Å². The maximum absolute atomic E-state index is 14.0. The van der Waals surface area contributed by atoms with Gasteiger partial charge in [0.05, 0.1) is 12.7 Å². The van der Waals surface area contributed by atoms with E-state index in [1.165, 1.54) is 6.07 Å². The number of methoxy groups -OCH3 is 1. The van der Waals surface area contributed by atoms with E-state index >= 15 is 0 Å². The van der Waals surface area contributed by atoms with E-state index in [-0.39, 0.29) is 21.7 Å². The lowest BCUT2D eigenvalue weighted by molar-refractivity contribution is 0.102. The first-order chi connectivity index (χ1) is 16.8. The van der Waals surface area contributed by atoms with Crippen molar-refractivity contribution in [3.05, 3.63) is 93.9 Å². The lowest BCUT2D eigenvalue weighted by atomic mass is 10.1. The number of aryl methyl sites for hydroxylation is 1. The fraction of sp³-hybridized carbons (Fsp3) is 0.0800. The van der Waals surface area contributed by atoms with Crippen LogP contribution in [0.15, 0.2) is 60.7 Å². The second-order valence-electron chi connectivity index (χ2n) is 7.50. The Kier molecular flexibility index (Phi) is 6.74. The number of ether oxygens (including phenoxy) is 1. The van der Waals surface area contributed by atoms with Gasteiger partial charge < -0.3 is 21.1 Å². The number of carbonyl (C=O) groups excluding carboxylic acids is 2. The van der Waals surface area contributed by atoms with Gasteiger partial charge in [0.15, 0.2) is 5.13 Å². The van der Waals surface area contributed by atoms with Crippen LogP contribution in [0.3, 0.4) is 0 Å². The molecule has 0 fully saturated rings. The number of nitrogen functional groups attached to an aromatic ring is 1. The first kappa shape index (κ1) is 23.8. The van der Waals surface area contributed by atoms with Crippen LogP contribution in [0.2, 0.25) is 0 Å². The standard InChI is InChI=1S/C25H20F2N4O3S/c1-13-6-11-16(34-2)12-19(13)30-24(33)14-7-9-15(10-8-14)29-25-31-23(28)22(35-25)21(32)20-17(26)4-3-5-18(20)27/h3-12H,28H2,1-2H3,(H,29,31)(H,30,33). The van der Waals surface area contributed by atoms with Gasteiger partial charge in [0.25, 0.3) is 5.91 Å². The van der Waals surface area contributed by atoms with E-state index in [0.717, 1.165) is 29.0 Å². The molecular weight excluding hydrogens is 474 g/mol. The minimum absolute atomic E-state index is 0.0823. The van der Waals surface area contributed by atoms with Gasteiger partial charge in [-0.25, -0.2) is 13.8 Å². The summed E-state index contributed by atoms with van der Waals surface area (Å²) < 4.78 is 33.2. The highest BCUT2D eigenvalue weighted by molar-refractivity contribution is 7.18. The molecule has 35 heavy (non-hydrogen) atoms.